The first kappa shape index (κ1) is 11.5. The second-order valence-electron chi connectivity index (χ2n) is 3.14. The SMILES string of the molecule is CCOC(=O)c1cc(I)c(C)cc1C. The van der Waals surface area contributed by atoms with Gasteiger partial charge in [0.15, 0.2) is 0 Å². The third-order valence-corrected chi connectivity index (χ3v) is 3.16. The van der Waals surface area contributed by atoms with E-state index in [1.165, 1.54) is 5.56 Å². The summed E-state index contributed by atoms with van der Waals surface area (Å²) < 4.78 is 6.06. The highest BCUT2D eigenvalue weighted by molar-refractivity contribution is 14.1. The molecule has 0 fully saturated rings. The molecule has 1 aromatic rings. The molecule has 0 saturated carbocycles. The Hall–Kier alpha value is -0.580. The molecular weight excluding hydrogens is 291 g/mol. The summed E-state index contributed by atoms with van der Waals surface area (Å²) in [6.45, 7) is 6.19. The van der Waals surface area contributed by atoms with E-state index in [2.05, 4.69) is 22.6 Å². The molecule has 0 bridgehead atoms. The highest BCUT2D eigenvalue weighted by Gasteiger charge is 2.11. The summed E-state index contributed by atoms with van der Waals surface area (Å²) in [7, 11) is 0. The van der Waals surface area contributed by atoms with Crippen LogP contribution < -0.4 is 0 Å². The molecule has 0 heterocycles. The van der Waals surface area contributed by atoms with Crippen molar-refractivity contribution in [2.75, 3.05) is 6.61 Å². The molecule has 0 amide bonds. The van der Waals surface area contributed by atoms with Crippen molar-refractivity contribution in [1.29, 1.82) is 0 Å². The van der Waals surface area contributed by atoms with E-state index in [9.17, 15) is 4.79 Å². The molecule has 1 aromatic carbocycles. The Kier molecular flexibility index (Phi) is 3.92. The van der Waals surface area contributed by atoms with Gasteiger partial charge >= 0.3 is 5.97 Å². The van der Waals surface area contributed by atoms with Crippen LogP contribution >= 0.6 is 22.6 Å². The van der Waals surface area contributed by atoms with Crippen molar-refractivity contribution in [3.05, 3.63) is 32.4 Å². The first-order chi connectivity index (χ1) is 6.56. The molecule has 0 spiro atoms. The van der Waals surface area contributed by atoms with E-state index >= 15 is 0 Å². The number of halogens is 1. The number of esters is 1. The van der Waals surface area contributed by atoms with Crippen LogP contribution in [-0.2, 0) is 4.74 Å². The van der Waals surface area contributed by atoms with Crippen LogP contribution in [0.2, 0.25) is 0 Å². The minimum atomic E-state index is -0.233. The quantitative estimate of drug-likeness (QED) is 0.620. The van der Waals surface area contributed by atoms with Gasteiger partial charge in [0.1, 0.15) is 0 Å². The summed E-state index contributed by atoms with van der Waals surface area (Å²) in [6.07, 6.45) is 0. The number of carbonyl (C=O) groups excluding carboxylic acids is 1. The highest BCUT2D eigenvalue weighted by atomic mass is 127. The molecule has 14 heavy (non-hydrogen) atoms. The van der Waals surface area contributed by atoms with Crippen LogP contribution in [0.1, 0.15) is 28.4 Å². The molecule has 76 valence electrons. The largest absolute Gasteiger partial charge is 0.462 e. The van der Waals surface area contributed by atoms with Crippen LogP contribution in [0.15, 0.2) is 12.1 Å². The van der Waals surface area contributed by atoms with Gasteiger partial charge < -0.3 is 4.74 Å². The van der Waals surface area contributed by atoms with Gasteiger partial charge in [0.05, 0.1) is 12.2 Å². The van der Waals surface area contributed by atoms with Crippen LogP contribution in [0.5, 0.6) is 0 Å². The lowest BCUT2D eigenvalue weighted by atomic mass is 10.1. The summed E-state index contributed by atoms with van der Waals surface area (Å²) in [5.41, 5.74) is 2.83. The van der Waals surface area contributed by atoms with Crippen molar-refractivity contribution in [2.24, 2.45) is 0 Å². The smallest absolute Gasteiger partial charge is 0.338 e. The van der Waals surface area contributed by atoms with E-state index in [-0.39, 0.29) is 5.97 Å². The van der Waals surface area contributed by atoms with Gasteiger partial charge in [-0.05, 0) is 60.6 Å². The maximum Gasteiger partial charge on any atom is 0.338 e. The minimum Gasteiger partial charge on any atom is -0.462 e. The summed E-state index contributed by atoms with van der Waals surface area (Å²) in [6, 6.07) is 3.89. The number of hydrogen-bond acceptors (Lipinski definition) is 2. The predicted molar refractivity (Wildman–Crippen MR) is 64.6 cm³/mol. The van der Waals surface area contributed by atoms with E-state index in [0.29, 0.717) is 12.2 Å². The Morgan fingerprint density at radius 3 is 2.57 bits per heavy atom. The molecule has 2 nitrogen and oxygen atoms in total. The molecule has 0 N–H and O–H groups in total. The molecule has 0 aliphatic heterocycles. The molecule has 0 radical (unpaired) electrons. The highest BCUT2D eigenvalue weighted by Crippen LogP contribution is 2.18. The summed E-state index contributed by atoms with van der Waals surface area (Å²) in [5, 5.41) is 0. The zero-order chi connectivity index (χ0) is 10.7. The molecule has 0 saturated heterocycles. The lowest BCUT2D eigenvalue weighted by Crippen LogP contribution is -2.07. The molecule has 0 atom stereocenters. The Morgan fingerprint density at radius 2 is 2.00 bits per heavy atom. The Bertz CT molecular complexity index is 359. The number of rotatable bonds is 2. The molecule has 0 aromatic heterocycles. The number of benzene rings is 1. The number of carbonyl (C=O) groups is 1. The molecular formula is C11H13IO2. The average molecular weight is 304 g/mol. The van der Waals surface area contributed by atoms with Gasteiger partial charge in [0.25, 0.3) is 0 Å². The van der Waals surface area contributed by atoms with Crippen LogP contribution in [0.3, 0.4) is 0 Å². The second-order valence-corrected chi connectivity index (χ2v) is 4.30. The average Bonchev–Trinajstić information content (AvgIpc) is 2.11. The van der Waals surface area contributed by atoms with E-state index in [1.807, 2.05) is 32.9 Å². The Balaban J connectivity index is 3.09. The molecule has 3 heteroatoms. The van der Waals surface area contributed by atoms with E-state index in [0.717, 1.165) is 9.13 Å². The summed E-state index contributed by atoms with van der Waals surface area (Å²) in [5.74, 6) is -0.233. The maximum atomic E-state index is 11.5. The second kappa shape index (κ2) is 4.77. The standard InChI is InChI=1S/C11H13IO2/c1-4-14-11(13)9-6-10(12)8(3)5-7(9)2/h5-6H,4H2,1-3H3. The van der Waals surface area contributed by atoms with Crippen molar-refractivity contribution in [2.45, 2.75) is 20.8 Å². The van der Waals surface area contributed by atoms with E-state index < -0.39 is 0 Å². The van der Waals surface area contributed by atoms with Crippen LogP contribution in [0.25, 0.3) is 0 Å². The van der Waals surface area contributed by atoms with Gasteiger partial charge in [-0.1, -0.05) is 6.07 Å². The molecule has 0 aliphatic rings. The Morgan fingerprint density at radius 1 is 1.36 bits per heavy atom. The lowest BCUT2D eigenvalue weighted by molar-refractivity contribution is 0.0525. The normalized spacial score (nSPS) is 10.0. The maximum absolute atomic E-state index is 11.5. The number of ether oxygens (including phenoxy) is 1. The third kappa shape index (κ3) is 2.47. The fraction of sp³-hybridized carbons (Fsp3) is 0.364. The van der Waals surface area contributed by atoms with Crippen LogP contribution in [0, 0.1) is 17.4 Å². The van der Waals surface area contributed by atoms with Gasteiger partial charge in [-0.25, -0.2) is 4.79 Å². The lowest BCUT2D eigenvalue weighted by Gasteiger charge is -2.07. The molecule has 0 unspecified atom stereocenters. The van der Waals surface area contributed by atoms with E-state index in [4.69, 9.17) is 4.74 Å². The van der Waals surface area contributed by atoms with E-state index in [1.54, 1.807) is 0 Å². The number of aryl methyl sites for hydroxylation is 2. The monoisotopic (exact) mass is 304 g/mol. The summed E-state index contributed by atoms with van der Waals surface area (Å²) >= 11 is 2.22. The fourth-order valence-corrected chi connectivity index (χ4v) is 1.72. The number of hydrogen-bond donors (Lipinski definition) is 0. The zero-order valence-electron chi connectivity index (χ0n) is 8.56. The van der Waals surface area contributed by atoms with Crippen molar-refractivity contribution in [1.82, 2.24) is 0 Å². The zero-order valence-corrected chi connectivity index (χ0v) is 10.7. The fourth-order valence-electron chi connectivity index (χ4n) is 1.25. The Labute approximate surface area is 97.8 Å². The minimum absolute atomic E-state index is 0.233. The topological polar surface area (TPSA) is 26.3 Å². The van der Waals surface area contributed by atoms with Crippen LogP contribution in [0.4, 0.5) is 0 Å². The third-order valence-electron chi connectivity index (χ3n) is 2.00. The first-order valence-electron chi connectivity index (χ1n) is 4.50. The van der Waals surface area contributed by atoms with Crippen molar-refractivity contribution in [3.63, 3.8) is 0 Å². The van der Waals surface area contributed by atoms with Crippen molar-refractivity contribution >= 4 is 28.6 Å². The van der Waals surface area contributed by atoms with Gasteiger partial charge in [0.2, 0.25) is 0 Å². The van der Waals surface area contributed by atoms with Crippen LogP contribution in [-0.4, -0.2) is 12.6 Å². The molecule has 1 rings (SSSR count). The van der Waals surface area contributed by atoms with Crippen molar-refractivity contribution < 1.29 is 9.53 Å². The van der Waals surface area contributed by atoms with Gasteiger partial charge in [-0.3, -0.25) is 0 Å². The summed E-state index contributed by atoms with van der Waals surface area (Å²) in [4.78, 5) is 11.5. The first-order valence-corrected chi connectivity index (χ1v) is 5.58. The molecule has 0 aliphatic carbocycles. The van der Waals surface area contributed by atoms with Crippen molar-refractivity contribution in [3.8, 4) is 0 Å². The van der Waals surface area contributed by atoms with Gasteiger partial charge in [0, 0.05) is 3.57 Å². The van der Waals surface area contributed by atoms with Gasteiger partial charge in [-0.15, -0.1) is 0 Å². The van der Waals surface area contributed by atoms with Gasteiger partial charge in [-0.2, -0.15) is 0 Å². The predicted octanol–water partition coefficient (Wildman–Crippen LogP) is 3.08.